The van der Waals surface area contributed by atoms with E-state index in [1.807, 2.05) is 0 Å². The van der Waals surface area contributed by atoms with Crippen molar-refractivity contribution in [2.75, 3.05) is 14.2 Å². The van der Waals surface area contributed by atoms with Gasteiger partial charge in [-0.15, -0.1) is 0 Å². The van der Waals surface area contributed by atoms with E-state index in [1.165, 1.54) is 19.2 Å². The molecule has 100 valence electrons. The standard InChI is InChI=1S/C14H19FO3/c1-17-11-4-3-7-14(16,9-11)12-8-10(15)5-6-13(12)18-2/h5-6,8,11,16H,3-4,7,9H2,1-2H3. The van der Waals surface area contributed by atoms with E-state index in [4.69, 9.17) is 9.47 Å². The van der Waals surface area contributed by atoms with Crippen molar-refractivity contribution in [1.82, 2.24) is 0 Å². The first-order valence-electron chi connectivity index (χ1n) is 6.18. The monoisotopic (exact) mass is 254 g/mol. The molecule has 1 aliphatic rings. The Balaban J connectivity index is 2.36. The lowest BCUT2D eigenvalue weighted by atomic mass is 9.78. The summed E-state index contributed by atoms with van der Waals surface area (Å²) in [7, 11) is 3.16. The fraction of sp³-hybridized carbons (Fsp3) is 0.571. The largest absolute Gasteiger partial charge is 0.496 e. The SMILES string of the molecule is COc1ccc(F)cc1C1(O)CCCC(OC)C1. The first-order chi connectivity index (χ1) is 8.59. The van der Waals surface area contributed by atoms with Crippen LogP contribution in [0.1, 0.15) is 31.2 Å². The van der Waals surface area contributed by atoms with Crippen LogP contribution in [-0.4, -0.2) is 25.4 Å². The molecular formula is C14H19FO3. The van der Waals surface area contributed by atoms with E-state index in [9.17, 15) is 9.50 Å². The van der Waals surface area contributed by atoms with Crippen molar-refractivity contribution in [2.45, 2.75) is 37.4 Å². The topological polar surface area (TPSA) is 38.7 Å². The summed E-state index contributed by atoms with van der Waals surface area (Å²) < 4.78 is 23.9. The van der Waals surface area contributed by atoms with Gasteiger partial charge in [0.25, 0.3) is 0 Å². The van der Waals surface area contributed by atoms with Crippen LogP contribution in [-0.2, 0) is 10.3 Å². The van der Waals surface area contributed by atoms with Crippen LogP contribution in [0.4, 0.5) is 4.39 Å². The van der Waals surface area contributed by atoms with Crippen LogP contribution >= 0.6 is 0 Å². The molecule has 0 heterocycles. The predicted molar refractivity (Wildman–Crippen MR) is 66.1 cm³/mol. The molecule has 0 spiro atoms. The highest BCUT2D eigenvalue weighted by Gasteiger charge is 2.38. The Morgan fingerprint density at radius 3 is 2.83 bits per heavy atom. The highest BCUT2D eigenvalue weighted by molar-refractivity contribution is 5.39. The Kier molecular flexibility index (Phi) is 3.88. The van der Waals surface area contributed by atoms with Gasteiger partial charge in [0.1, 0.15) is 11.6 Å². The Bertz CT molecular complexity index is 422. The van der Waals surface area contributed by atoms with Crippen molar-refractivity contribution in [3.05, 3.63) is 29.6 Å². The average Bonchev–Trinajstić information content (AvgIpc) is 2.38. The average molecular weight is 254 g/mol. The number of halogens is 1. The van der Waals surface area contributed by atoms with Gasteiger partial charge in [0.15, 0.2) is 0 Å². The molecule has 2 rings (SSSR count). The minimum Gasteiger partial charge on any atom is -0.496 e. The van der Waals surface area contributed by atoms with Gasteiger partial charge < -0.3 is 14.6 Å². The van der Waals surface area contributed by atoms with Crippen LogP contribution in [0.25, 0.3) is 0 Å². The number of ether oxygens (including phenoxy) is 2. The maximum atomic E-state index is 13.4. The van der Waals surface area contributed by atoms with Crippen molar-refractivity contribution in [3.63, 3.8) is 0 Å². The highest BCUT2D eigenvalue weighted by atomic mass is 19.1. The molecule has 0 radical (unpaired) electrons. The second-order valence-electron chi connectivity index (χ2n) is 4.83. The summed E-state index contributed by atoms with van der Waals surface area (Å²) in [5.74, 6) is 0.161. The number of benzene rings is 1. The molecule has 1 aromatic rings. The first kappa shape index (κ1) is 13.3. The van der Waals surface area contributed by atoms with Gasteiger partial charge in [0.2, 0.25) is 0 Å². The molecule has 0 saturated heterocycles. The fourth-order valence-electron chi connectivity index (χ4n) is 2.69. The number of aliphatic hydroxyl groups is 1. The molecule has 0 amide bonds. The van der Waals surface area contributed by atoms with E-state index in [-0.39, 0.29) is 11.9 Å². The van der Waals surface area contributed by atoms with Gasteiger partial charge in [-0.25, -0.2) is 4.39 Å². The maximum Gasteiger partial charge on any atom is 0.125 e. The number of hydrogen-bond acceptors (Lipinski definition) is 3. The molecule has 0 aliphatic heterocycles. The summed E-state index contributed by atoms with van der Waals surface area (Å²) in [5.41, 5.74) is -0.543. The minimum atomic E-state index is -1.06. The fourth-order valence-corrected chi connectivity index (χ4v) is 2.69. The van der Waals surface area contributed by atoms with Gasteiger partial charge >= 0.3 is 0 Å². The third-order valence-corrected chi connectivity index (χ3v) is 3.68. The first-order valence-corrected chi connectivity index (χ1v) is 6.18. The van der Waals surface area contributed by atoms with E-state index in [0.29, 0.717) is 24.2 Å². The van der Waals surface area contributed by atoms with Gasteiger partial charge in [0.05, 0.1) is 18.8 Å². The van der Waals surface area contributed by atoms with Crippen molar-refractivity contribution in [2.24, 2.45) is 0 Å². The lowest BCUT2D eigenvalue weighted by molar-refractivity contribution is -0.0643. The quantitative estimate of drug-likeness (QED) is 0.901. The van der Waals surface area contributed by atoms with Crippen molar-refractivity contribution in [3.8, 4) is 5.75 Å². The summed E-state index contributed by atoms with van der Waals surface area (Å²) in [6.07, 6.45) is 2.87. The van der Waals surface area contributed by atoms with Gasteiger partial charge in [0, 0.05) is 19.1 Å². The summed E-state index contributed by atoms with van der Waals surface area (Å²) in [5, 5.41) is 10.8. The molecule has 4 heteroatoms. The van der Waals surface area contributed by atoms with E-state index in [1.54, 1.807) is 13.2 Å². The summed E-state index contributed by atoms with van der Waals surface area (Å²) in [6.45, 7) is 0. The second-order valence-corrected chi connectivity index (χ2v) is 4.83. The zero-order chi connectivity index (χ0) is 13.2. The number of rotatable bonds is 3. The van der Waals surface area contributed by atoms with Crippen LogP contribution in [0.3, 0.4) is 0 Å². The van der Waals surface area contributed by atoms with Crippen LogP contribution < -0.4 is 4.74 Å². The number of methoxy groups -OCH3 is 2. The van der Waals surface area contributed by atoms with E-state index in [2.05, 4.69) is 0 Å². The van der Waals surface area contributed by atoms with Crippen molar-refractivity contribution >= 4 is 0 Å². The normalized spacial score (nSPS) is 28.1. The zero-order valence-electron chi connectivity index (χ0n) is 10.8. The molecule has 1 aromatic carbocycles. The number of hydrogen-bond donors (Lipinski definition) is 1. The van der Waals surface area contributed by atoms with Crippen LogP contribution in [0.5, 0.6) is 5.75 Å². The van der Waals surface area contributed by atoms with E-state index >= 15 is 0 Å². The van der Waals surface area contributed by atoms with Gasteiger partial charge in [-0.3, -0.25) is 0 Å². The third kappa shape index (κ3) is 2.49. The summed E-state index contributed by atoms with van der Waals surface area (Å²) in [6, 6.07) is 4.25. The lowest BCUT2D eigenvalue weighted by Gasteiger charge is -2.37. The molecule has 0 bridgehead atoms. The van der Waals surface area contributed by atoms with Gasteiger partial charge in [-0.2, -0.15) is 0 Å². The van der Waals surface area contributed by atoms with Crippen LogP contribution in [0.15, 0.2) is 18.2 Å². The molecular weight excluding hydrogens is 235 g/mol. The molecule has 1 fully saturated rings. The van der Waals surface area contributed by atoms with Crippen molar-refractivity contribution in [1.29, 1.82) is 0 Å². The molecule has 18 heavy (non-hydrogen) atoms. The molecule has 1 saturated carbocycles. The minimum absolute atomic E-state index is 0.0109. The molecule has 1 N–H and O–H groups in total. The second kappa shape index (κ2) is 5.24. The maximum absolute atomic E-state index is 13.4. The molecule has 0 aromatic heterocycles. The Morgan fingerprint density at radius 2 is 2.17 bits per heavy atom. The lowest BCUT2D eigenvalue weighted by Crippen LogP contribution is -2.36. The third-order valence-electron chi connectivity index (χ3n) is 3.68. The Labute approximate surface area is 107 Å². The molecule has 2 unspecified atom stereocenters. The Morgan fingerprint density at radius 1 is 1.39 bits per heavy atom. The molecule has 1 aliphatic carbocycles. The smallest absolute Gasteiger partial charge is 0.125 e. The molecule has 3 nitrogen and oxygen atoms in total. The predicted octanol–water partition coefficient (Wildman–Crippen LogP) is 2.61. The summed E-state index contributed by atoms with van der Waals surface area (Å²) in [4.78, 5) is 0. The zero-order valence-corrected chi connectivity index (χ0v) is 10.8. The van der Waals surface area contributed by atoms with Crippen LogP contribution in [0, 0.1) is 5.82 Å². The van der Waals surface area contributed by atoms with E-state index < -0.39 is 5.60 Å². The van der Waals surface area contributed by atoms with Gasteiger partial charge in [-0.1, -0.05) is 0 Å². The molecule has 2 atom stereocenters. The summed E-state index contributed by atoms with van der Waals surface area (Å²) >= 11 is 0. The van der Waals surface area contributed by atoms with E-state index in [0.717, 1.165) is 12.8 Å². The Hall–Kier alpha value is -1.13. The van der Waals surface area contributed by atoms with Gasteiger partial charge in [-0.05, 0) is 37.5 Å². The highest BCUT2D eigenvalue weighted by Crippen LogP contribution is 2.42. The van der Waals surface area contributed by atoms with Crippen molar-refractivity contribution < 1.29 is 19.0 Å². The van der Waals surface area contributed by atoms with Crippen LogP contribution in [0.2, 0.25) is 0 Å².